The number of anilines is 1. The summed E-state index contributed by atoms with van der Waals surface area (Å²) in [5.74, 6) is -0.256. The number of halogens is 1. The van der Waals surface area contributed by atoms with Crippen molar-refractivity contribution >= 4 is 11.4 Å². The molecule has 2 aromatic carbocycles. The molecule has 0 heterocycles. The zero-order valence-electron chi connectivity index (χ0n) is 11.1. The Morgan fingerprint density at radius 1 is 1.20 bits per heavy atom. The second-order valence-electron chi connectivity index (χ2n) is 4.49. The molecule has 0 aliphatic carbocycles. The van der Waals surface area contributed by atoms with Crippen LogP contribution in [0.1, 0.15) is 11.1 Å². The third-order valence-electron chi connectivity index (χ3n) is 3.10. The second kappa shape index (κ2) is 6.14. The third-order valence-corrected chi connectivity index (χ3v) is 3.10. The lowest BCUT2D eigenvalue weighted by molar-refractivity contribution is -0.384. The summed E-state index contributed by atoms with van der Waals surface area (Å²) >= 11 is 0. The van der Waals surface area contributed by atoms with Gasteiger partial charge in [0.1, 0.15) is 11.5 Å². The van der Waals surface area contributed by atoms with Crippen molar-refractivity contribution in [2.75, 3.05) is 11.9 Å². The first kappa shape index (κ1) is 14.0. The van der Waals surface area contributed by atoms with Crippen LogP contribution in [0.2, 0.25) is 0 Å². The first-order chi connectivity index (χ1) is 9.59. The van der Waals surface area contributed by atoms with E-state index in [-0.39, 0.29) is 11.5 Å². The Bertz CT molecular complexity index is 629. The van der Waals surface area contributed by atoms with Crippen molar-refractivity contribution in [1.29, 1.82) is 0 Å². The number of rotatable bonds is 5. The zero-order valence-corrected chi connectivity index (χ0v) is 11.1. The van der Waals surface area contributed by atoms with E-state index in [9.17, 15) is 14.5 Å². The van der Waals surface area contributed by atoms with Crippen LogP contribution in [0, 0.1) is 22.9 Å². The summed E-state index contributed by atoms with van der Waals surface area (Å²) in [7, 11) is 0. The number of nitro groups is 1. The molecule has 0 saturated carbocycles. The smallest absolute Gasteiger partial charge is 0.292 e. The molecule has 20 heavy (non-hydrogen) atoms. The van der Waals surface area contributed by atoms with Gasteiger partial charge >= 0.3 is 0 Å². The Balaban J connectivity index is 2.08. The van der Waals surface area contributed by atoms with E-state index in [0.29, 0.717) is 24.2 Å². The average molecular weight is 274 g/mol. The van der Waals surface area contributed by atoms with Crippen molar-refractivity contribution < 1.29 is 9.31 Å². The molecule has 1 N–H and O–H groups in total. The molecular weight excluding hydrogens is 259 g/mol. The fourth-order valence-corrected chi connectivity index (χ4v) is 2.06. The van der Waals surface area contributed by atoms with Crippen LogP contribution < -0.4 is 5.32 Å². The SMILES string of the molecule is Cc1cccc([N+](=O)[O-])c1NCCc1ccccc1F. The molecule has 0 radical (unpaired) electrons. The largest absolute Gasteiger partial charge is 0.379 e. The molecule has 0 bridgehead atoms. The fraction of sp³-hybridized carbons (Fsp3) is 0.200. The van der Waals surface area contributed by atoms with Crippen molar-refractivity contribution in [3.05, 3.63) is 69.5 Å². The Kier molecular flexibility index (Phi) is 4.30. The Morgan fingerprint density at radius 3 is 2.65 bits per heavy atom. The van der Waals surface area contributed by atoms with E-state index in [0.717, 1.165) is 5.56 Å². The number of aryl methyl sites for hydroxylation is 1. The lowest BCUT2D eigenvalue weighted by Crippen LogP contribution is -2.09. The summed E-state index contributed by atoms with van der Waals surface area (Å²) in [6, 6.07) is 11.4. The zero-order chi connectivity index (χ0) is 14.5. The van der Waals surface area contributed by atoms with Crippen LogP contribution in [0.3, 0.4) is 0 Å². The first-order valence-electron chi connectivity index (χ1n) is 6.31. The topological polar surface area (TPSA) is 55.2 Å². The molecule has 0 aliphatic heterocycles. The van der Waals surface area contributed by atoms with E-state index < -0.39 is 4.92 Å². The lowest BCUT2D eigenvalue weighted by Gasteiger charge is -2.10. The van der Waals surface area contributed by atoms with Crippen LogP contribution in [0.15, 0.2) is 42.5 Å². The molecule has 5 heteroatoms. The van der Waals surface area contributed by atoms with E-state index >= 15 is 0 Å². The molecule has 0 atom stereocenters. The first-order valence-corrected chi connectivity index (χ1v) is 6.31. The van der Waals surface area contributed by atoms with Gasteiger partial charge in [-0.2, -0.15) is 0 Å². The normalized spacial score (nSPS) is 10.3. The highest BCUT2D eigenvalue weighted by atomic mass is 19.1. The molecule has 0 saturated heterocycles. The third kappa shape index (κ3) is 3.12. The molecule has 0 unspecified atom stereocenters. The van der Waals surface area contributed by atoms with E-state index in [1.165, 1.54) is 12.1 Å². The van der Waals surface area contributed by atoms with Gasteiger partial charge < -0.3 is 5.32 Å². The minimum atomic E-state index is -0.418. The van der Waals surface area contributed by atoms with Gasteiger partial charge in [0, 0.05) is 12.6 Å². The van der Waals surface area contributed by atoms with Gasteiger partial charge in [-0.05, 0) is 30.5 Å². The Hall–Kier alpha value is -2.43. The number of hydrogen-bond acceptors (Lipinski definition) is 3. The molecular formula is C15H15FN2O2. The highest BCUT2D eigenvalue weighted by molar-refractivity contribution is 5.65. The number of benzene rings is 2. The quantitative estimate of drug-likeness (QED) is 0.668. The number of hydrogen-bond donors (Lipinski definition) is 1. The molecule has 0 aliphatic rings. The van der Waals surface area contributed by atoms with Gasteiger partial charge in [0.15, 0.2) is 0 Å². The summed E-state index contributed by atoms with van der Waals surface area (Å²) < 4.78 is 13.5. The predicted octanol–water partition coefficient (Wildman–Crippen LogP) is 3.70. The monoisotopic (exact) mass is 274 g/mol. The maximum Gasteiger partial charge on any atom is 0.292 e. The molecule has 2 aromatic rings. The number of nitrogens with zero attached hydrogens (tertiary/aromatic N) is 1. The van der Waals surface area contributed by atoms with Crippen LogP contribution in [-0.4, -0.2) is 11.5 Å². The fourth-order valence-electron chi connectivity index (χ4n) is 2.06. The molecule has 2 rings (SSSR count). The highest BCUT2D eigenvalue weighted by Gasteiger charge is 2.14. The summed E-state index contributed by atoms with van der Waals surface area (Å²) in [5.41, 5.74) is 1.93. The van der Waals surface area contributed by atoms with Gasteiger partial charge in [-0.15, -0.1) is 0 Å². The van der Waals surface area contributed by atoms with Crippen LogP contribution >= 0.6 is 0 Å². The second-order valence-corrected chi connectivity index (χ2v) is 4.49. The highest BCUT2D eigenvalue weighted by Crippen LogP contribution is 2.27. The minimum absolute atomic E-state index is 0.0403. The van der Waals surface area contributed by atoms with Crippen LogP contribution in [0.5, 0.6) is 0 Å². The van der Waals surface area contributed by atoms with E-state index in [1.807, 2.05) is 0 Å². The summed E-state index contributed by atoms with van der Waals surface area (Å²) in [6.07, 6.45) is 0.470. The molecule has 0 spiro atoms. The van der Waals surface area contributed by atoms with Crippen LogP contribution in [0.25, 0.3) is 0 Å². The standard InChI is InChI=1S/C15H15FN2O2/c1-11-5-4-8-14(18(19)20)15(11)17-10-9-12-6-2-3-7-13(12)16/h2-8,17H,9-10H2,1H3. The van der Waals surface area contributed by atoms with E-state index in [1.54, 1.807) is 37.3 Å². The van der Waals surface area contributed by atoms with Crippen molar-refractivity contribution in [1.82, 2.24) is 0 Å². The van der Waals surface area contributed by atoms with Crippen molar-refractivity contribution in [2.45, 2.75) is 13.3 Å². The summed E-state index contributed by atoms with van der Waals surface area (Å²) in [6.45, 7) is 2.24. The van der Waals surface area contributed by atoms with Crippen molar-refractivity contribution in [2.24, 2.45) is 0 Å². The predicted molar refractivity (Wildman–Crippen MR) is 76.4 cm³/mol. The van der Waals surface area contributed by atoms with E-state index in [4.69, 9.17) is 0 Å². The molecule has 4 nitrogen and oxygen atoms in total. The molecule has 0 aromatic heterocycles. The number of nitro benzene ring substituents is 1. The number of para-hydroxylation sites is 1. The van der Waals surface area contributed by atoms with Gasteiger partial charge in [0.05, 0.1) is 4.92 Å². The molecule has 0 amide bonds. The van der Waals surface area contributed by atoms with Gasteiger partial charge in [0.2, 0.25) is 0 Å². The maximum atomic E-state index is 13.5. The minimum Gasteiger partial charge on any atom is -0.379 e. The Morgan fingerprint density at radius 2 is 1.95 bits per heavy atom. The molecule has 104 valence electrons. The lowest BCUT2D eigenvalue weighted by atomic mass is 10.1. The van der Waals surface area contributed by atoms with Gasteiger partial charge in [-0.25, -0.2) is 4.39 Å². The maximum absolute atomic E-state index is 13.5. The summed E-state index contributed by atoms with van der Waals surface area (Å²) in [4.78, 5) is 10.5. The van der Waals surface area contributed by atoms with Crippen molar-refractivity contribution in [3.8, 4) is 0 Å². The van der Waals surface area contributed by atoms with Gasteiger partial charge in [0.25, 0.3) is 5.69 Å². The van der Waals surface area contributed by atoms with Crippen LogP contribution in [-0.2, 0) is 6.42 Å². The summed E-state index contributed by atoms with van der Waals surface area (Å²) in [5, 5.41) is 14.0. The van der Waals surface area contributed by atoms with Gasteiger partial charge in [-0.1, -0.05) is 30.3 Å². The number of nitrogens with one attached hydrogen (secondary N) is 1. The van der Waals surface area contributed by atoms with Crippen molar-refractivity contribution in [3.63, 3.8) is 0 Å². The van der Waals surface area contributed by atoms with Crippen LogP contribution in [0.4, 0.5) is 15.8 Å². The van der Waals surface area contributed by atoms with Gasteiger partial charge in [-0.3, -0.25) is 10.1 Å². The average Bonchev–Trinajstić information content (AvgIpc) is 2.42. The van der Waals surface area contributed by atoms with E-state index in [2.05, 4.69) is 5.32 Å². The Labute approximate surface area is 116 Å². The molecule has 0 fully saturated rings.